The molecule has 182 valence electrons. The molecule has 6 heteroatoms. The summed E-state index contributed by atoms with van der Waals surface area (Å²) >= 11 is 0. The number of rotatable bonds is 0. The topological polar surface area (TPSA) is 76.7 Å². The minimum atomic E-state index is -0.333. The van der Waals surface area contributed by atoms with E-state index in [4.69, 9.17) is 25.2 Å². The zero-order valence-electron chi connectivity index (χ0n) is 23.1. The van der Waals surface area contributed by atoms with Crippen LogP contribution in [-0.2, 0) is 35.7 Å². The summed E-state index contributed by atoms with van der Waals surface area (Å²) in [6.07, 6.45) is 9.04. The Morgan fingerprint density at radius 2 is 0.944 bits per heavy atom. The van der Waals surface area contributed by atoms with Crippen LogP contribution in [0.4, 0.5) is 0 Å². The van der Waals surface area contributed by atoms with Crippen LogP contribution in [0.15, 0.2) is 58.6 Å². The first-order valence-corrected chi connectivity index (χ1v) is 12.4. The van der Waals surface area contributed by atoms with Gasteiger partial charge in [0.1, 0.15) is 11.1 Å². The molecule has 2 aromatic heterocycles. The molecule has 1 saturated carbocycles. The summed E-state index contributed by atoms with van der Waals surface area (Å²) in [4.78, 5) is 21.1. The molecule has 2 aromatic rings. The molecule has 1 fully saturated rings. The van der Waals surface area contributed by atoms with E-state index < -0.39 is 0 Å². The quantitative estimate of drug-likeness (QED) is 0.418. The van der Waals surface area contributed by atoms with E-state index in [0.717, 1.165) is 34.2 Å². The average molecular weight is 531 g/mol. The number of hydrogen-bond acceptors (Lipinski definition) is 3. The predicted octanol–water partition coefficient (Wildman–Crippen LogP) is 5.56. The second kappa shape index (κ2) is 7.75. The van der Waals surface area contributed by atoms with E-state index in [9.17, 15) is 0 Å². The van der Waals surface area contributed by atoms with Gasteiger partial charge in [0.25, 0.3) is 0 Å². The number of aromatic nitrogens is 2. The molecule has 3 aliphatic heterocycles. The van der Waals surface area contributed by atoms with Crippen molar-refractivity contribution in [1.29, 1.82) is 5.26 Å². The molecule has 2 unspecified atom stereocenters. The van der Waals surface area contributed by atoms with Gasteiger partial charge in [-0.25, -0.2) is 0 Å². The number of nitrogens with zero attached hydrogens (tertiary/aromatic N) is 5. The molecule has 8 bridgehead atoms. The summed E-state index contributed by atoms with van der Waals surface area (Å²) < 4.78 is 0. The van der Waals surface area contributed by atoms with Crippen molar-refractivity contribution in [2.24, 2.45) is 15.4 Å². The maximum absolute atomic E-state index is 7.32. The van der Waals surface area contributed by atoms with E-state index in [2.05, 4.69) is 104 Å². The molecule has 0 amide bonds. The minimum absolute atomic E-state index is 0. The Bertz CT molecular complexity index is 1290. The minimum Gasteiger partial charge on any atom is -0.663 e. The van der Waals surface area contributed by atoms with Crippen LogP contribution in [-0.4, -0.2) is 22.5 Å². The monoisotopic (exact) mass is 529 g/mol. The molecule has 4 aliphatic rings. The number of fused-ring (bicyclic) bond motifs is 4. The van der Waals surface area contributed by atoms with Crippen molar-refractivity contribution in [3.05, 3.63) is 71.3 Å². The summed E-state index contributed by atoms with van der Waals surface area (Å²) in [5.41, 5.74) is 4.79. The zero-order valence-corrected chi connectivity index (χ0v) is 26.0. The maximum atomic E-state index is 7.32. The Morgan fingerprint density at radius 1 is 0.639 bits per heavy atom. The van der Waals surface area contributed by atoms with E-state index in [1.807, 2.05) is 0 Å². The van der Waals surface area contributed by atoms with Gasteiger partial charge in [-0.05, 0) is 17.6 Å². The second-order valence-corrected chi connectivity index (χ2v) is 12.3. The number of allylic oxidation sites excluding steroid dienone is 2. The van der Waals surface area contributed by atoms with Gasteiger partial charge in [-0.15, -0.1) is 11.4 Å². The van der Waals surface area contributed by atoms with Crippen molar-refractivity contribution in [2.75, 3.05) is 0 Å². The third kappa shape index (κ3) is 3.02. The molecule has 36 heavy (non-hydrogen) atoms. The Kier molecular flexibility index (Phi) is 5.72. The molecule has 0 radical (unpaired) electrons. The summed E-state index contributed by atoms with van der Waals surface area (Å²) in [5.74, 6) is 0. The number of nitriles is 1. The van der Waals surface area contributed by atoms with Crippen molar-refractivity contribution in [3.8, 4) is 6.07 Å². The summed E-state index contributed by atoms with van der Waals surface area (Å²) in [7, 11) is 0. The van der Waals surface area contributed by atoms with E-state index in [1.54, 1.807) is 6.07 Å². The smallest absolute Gasteiger partial charge is 0.663 e. The van der Waals surface area contributed by atoms with Gasteiger partial charge in [0.2, 0.25) is 0 Å². The Balaban J connectivity index is 0.000000726. The molecule has 5 nitrogen and oxygen atoms in total. The van der Waals surface area contributed by atoms with Gasteiger partial charge in [-0.3, -0.25) is 9.98 Å². The molecule has 0 saturated heterocycles. The third-order valence-corrected chi connectivity index (χ3v) is 9.10. The van der Waals surface area contributed by atoms with Crippen molar-refractivity contribution >= 4 is 11.4 Å². The van der Waals surface area contributed by atoms with E-state index in [0.29, 0.717) is 0 Å². The van der Waals surface area contributed by atoms with Crippen LogP contribution >= 0.6 is 0 Å². The van der Waals surface area contributed by atoms with Crippen molar-refractivity contribution in [2.45, 2.75) is 89.6 Å². The number of hydrogen-bond donors (Lipinski definition) is 0. The van der Waals surface area contributed by atoms with Crippen molar-refractivity contribution in [3.63, 3.8) is 0 Å². The fourth-order valence-electron chi connectivity index (χ4n) is 6.15. The van der Waals surface area contributed by atoms with Crippen LogP contribution < -0.4 is 9.97 Å². The van der Waals surface area contributed by atoms with Gasteiger partial charge >= 0.3 is 19.5 Å². The third-order valence-electron chi connectivity index (χ3n) is 9.10. The van der Waals surface area contributed by atoms with Crippen LogP contribution in [0.1, 0.15) is 85.1 Å². The van der Waals surface area contributed by atoms with Crippen LogP contribution in [0, 0.1) is 16.7 Å². The van der Waals surface area contributed by atoms with E-state index >= 15 is 0 Å². The first-order valence-electron chi connectivity index (χ1n) is 12.4. The summed E-state index contributed by atoms with van der Waals surface area (Å²) in [6.45, 7) is 19.4. The Morgan fingerprint density at radius 3 is 1.28 bits per heavy atom. The SMILES string of the molecule is CC#N.CC1(C)C2=NC3(C=C2)C(C)(C)C32C=CC(=N2)C(C)(C)c2ccc([n-]2)C(C)(C)c2ccc1[n-]2.[Zn+2]. The fraction of sp³-hybridized carbons (Fsp3) is 0.500. The summed E-state index contributed by atoms with van der Waals surface area (Å²) in [5, 5.41) is 7.32. The van der Waals surface area contributed by atoms with Crippen molar-refractivity contribution in [1.82, 2.24) is 9.97 Å². The summed E-state index contributed by atoms with van der Waals surface area (Å²) in [6, 6.07) is 10.4. The Labute approximate surface area is 228 Å². The molecular weight excluding hydrogens is 496 g/mol. The van der Waals surface area contributed by atoms with Crippen LogP contribution in [0.3, 0.4) is 0 Å². The molecule has 2 atom stereocenters. The molecule has 1 aliphatic carbocycles. The largest absolute Gasteiger partial charge is 2.00 e. The predicted molar refractivity (Wildman–Crippen MR) is 141 cm³/mol. The fourth-order valence-corrected chi connectivity index (χ4v) is 6.15. The first kappa shape index (κ1) is 26.6. The Hall–Kier alpha value is -2.51. The molecule has 6 rings (SSSR count). The van der Waals surface area contributed by atoms with Gasteiger partial charge in [-0.1, -0.05) is 91.8 Å². The molecular formula is C30H35N5Zn. The van der Waals surface area contributed by atoms with E-state index in [1.165, 1.54) is 6.92 Å². The second-order valence-electron chi connectivity index (χ2n) is 12.3. The average Bonchev–Trinajstić information content (AvgIpc) is 3.51. The van der Waals surface area contributed by atoms with Gasteiger partial charge in [-0.2, -0.15) is 16.6 Å². The van der Waals surface area contributed by atoms with Crippen LogP contribution in [0.2, 0.25) is 0 Å². The van der Waals surface area contributed by atoms with E-state index in [-0.39, 0.29) is 52.2 Å². The standard InChI is InChI=1S/C28H32N4.C2H3N.Zn/c1-23(2)17-9-11-19(29-17)24(3,4)21-13-15-27(31-21)26(7,8)28(27)16-14-22(32-28)25(5,6)20-12-10-18(23)30-20;1-2-3;/h9-16H,1-8H3;1H3;/q-2;;+2. The molecule has 0 aromatic carbocycles. The van der Waals surface area contributed by atoms with Gasteiger partial charge in [0.15, 0.2) is 0 Å². The van der Waals surface area contributed by atoms with Crippen LogP contribution in [0.5, 0.6) is 0 Å². The molecule has 5 heterocycles. The van der Waals surface area contributed by atoms with Crippen LogP contribution in [0.25, 0.3) is 0 Å². The first-order chi connectivity index (χ1) is 16.2. The van der Waals surface area contributed by atoms with Gasteiger partial charge in [0.05, 0.1) is 6.07 Å². The van der Waals surface area contributed by atoms with Crippen molar-refractivity contribution < 1.29 is 19.5 Å². The maximum Gasteiger partial charge on any atom is 2.00 e. The molecule has 2 spiro atoms. The molecule has 0 N–H and O–H groups in total. The van der Waals surface area contributed by atoms with Gasteiger partial charge in [0, 0.05) is 34.6 Å². The van der Waals surface area contributed by atoms with Gasteiger partial charge < -0.3 is 9.97 Å². The number of aliphatic imine (C=N–C) groups is 2. The normalized spacial score (nSPS) is 30.2. The zero-order chi connectivity index (χ0) is 25.7.